The highest BCUT2D eigenvalue weighted by molar-refractivity contribution is 6.03. The Morgan fingerprint density at radius 2 is 2.24 bits per heavy atom. The van der Waals surface area contributed by atoms with E-state index in [-0.39, 0.29) is 5.82 Å². The van der Waals surface area contributed by atoms with Crippen molar-refractivity contribution < 1.29 is 14.0 Å². The minimum atomic E-state index is -0.576. The van der Waals surface area contributed by atoms with Crippen molar-refractivity contribution in [2.24, 2.45) is 7.05 Å². The third-order valence-corrected chi connectivity index (χ3v) is 3.24. The lowest BCUT2D eigenvalue weighted by Crippen LogP contribution is -2.40. The van der Waals surface area contributed by atoms with Crippen LogP contribution in [0.25, 0.3) is 10.9 Å². The van der Waals surface area contributed by atoms with E-state index in [1.165, 1.54) is 11.0 Å². The topological polar surface area (TPSA) is 67.2 Å². The first-order chi connectivity index (χ1) is 9.99. The molecule has 0 bridgehead atoms. The third-order valence-electron chi connectivity index (χ3n) is 3.24. The number of rotatable bonds is 4. The third kappa shape index (κ3) is 2.72. The highest BCUT2D eigenvalue weighted by Crippen LogP contribution is 2.28. The average molecular weight is 292 g/mol. The van der Waals surface area contributed by atoms with Crippen LogP contribution in [-0.4, -0.2) is 28.8 Å². The first kappa shape index (κ1) is 15.0. The van der Waals surface area contributed by atoms with Crippen molar-refractivity contribution in [3.63, 3.8) is 0 Å². The zero-order valence-corrected chi connectivity index (χ0v) is 12.2. The second-order valence-electron chi connectivity index (χ2n) is 4.78. The predicted molar refractivity (Wildman–Crippen MR) is 77.6 cm³/mol. The van der Waals surface area contributed by atoms with Gasteiger partial charge in [0.1, 0.15) is 5.82 Å². The Labute approximate surface area is 121 Å². The Morgan fingerprint density at radius 1 is 1.52 bits per heavy atom. The average Bonchev–Trinajstić information content (AvgIpc) is 2.74. The molecule has 2 aromatic rings. The normalized spacial score (nSPS) is 10.7. The van der Waals surface area contributed by atoms with Crippen LogP contribution in [0.15, 0.2) is 12.1 Å². The smallest absolute Gasteiger partial charge is 0.280 e. The van der Waals surface area contributed by atoms with Crippen LogP contribution < -0.4 is 10.2 Å². The zero-order chi connectivity index (χ0) is 15.6. The van der Waals surface area contributed by atoms with Gasteiger partial charge in [0.2, 0.25) is 6.41 Å². The van der Waals surface area contributed by atoms with Gasteiger partial charge in [0, 0.05) is 19.0 Å². The van der Waals surface area contributed by atoms with Crippen LogP contribution in [0.4, 0.5) is 15.0 Å². The zero-order valence-electron chi connectivity index (χ0n) is 12.2. The number of nitrogens with one attached hydrogen (secondary N) is 1. The number of aryl methyl sites for hydroxylation is 2. The van der Waals surface area contributed by atoms with E-state index in [4.69, 9.17) is 0 Å². The van der Waals surface area contributed by atoms with E-state index in [2.05, 4.69) is 10.4 Å². The van der Waals surface area contributed by atoms with Crippen molar-refractivity contribution in [1.82, 2.24) is 15.1 Å². The first-order valence-corrected chi connectivity index (χ1v) is 6.64. The second-order valence-corrected chi connectivity index (χ2v) is 4.78. The minimum absolute atomic E-state index is 0.320. The predicted octanol–water partition coefficient (Wildman–Crippen LogP) is 2.10. The maximum Gasteiger partial charge on any atom is 0.329 e. The molecule has 7 heteroatoms. The van der Waals surface area contributed by atoms with Crippen molar-refractivity contribution >= 4 is 29.2 Å². The fraction of sp³-hybridized carbons (Fsp3) is 0.357. The number of urea groups is 1. The molecule has 0 unspecified atom stereocenters. The van der Waals surface area contributed by atoms with Gasteiger partial charge in [-0.15, -0.1) is 0 Å². The van der Waals surface area contributed by atoms with E-state index in [1.54, 1.807) is 24.7 Å². The van der Waals surface area contributed by atoms with E-state index in [0.717, 1.165) is 5.52 Å². The Balaban J connectivity index is 2.59. The number of carbonyl (C=O) groups excluding carboxylic acids is 2. The lowest BCUT2D eigenvalue weighted by Gasteiger charge is -2.18. The number of aromatic nitrogens is 2. The van der Waals surface area contributed by atoms with Crippen molar-refractivity contribution in [1.29, 1.82) is 0 Å². The van der Waals surface area contributed by atoms with Crippen LogP contribution in [0.1, 0.15) is 18.9 Å². The van der Waals surface area contributed by atoms with E-state index in [1.807, 2.05) is 6.92 Å². The summed E-state index contributed by atoms with van der Waals surface area (Å²) in [7, 11) is 1.73. The molecule has 0 radical (unpaired) electrons. The van der Waals surface area contributed by atoms with Gasteiger partial charge in [-0.05, 0) is 31.0 Å². The van der Waals surface area contributed by atoms with Gasteiger partial charge in [-0.1, -0.05) is 6.92 Å². The molecule has 2 rings (SSSR count). The number of hydrogen-bond acceptors (Lipinski definition) is 3. The van der Waals surface area contributed by atoms with Gasteiger partial charge in [-0.3, -0.25) is 19.7 Å². The molecule has 1 heterocycles. The van der Waals surface area contributed by atoms with Gasteiger partial charge in [0.05, 0.1) is 5.52 Å². The fourth-order valence-corrected chi connectivity index (χ4v) is 2.22. The number of carbonyl (C=O) groups is 2. The molecule has 112 valence electrons. The number of amides is 3. The molecule has 0 spiro atoms. The molecule has 0 aliphatic rings. The van der Waals surface area contributed by atoms with Gasteiger partial charge in [-0.2, -0.15) is 5.10 Å². The molecule has 0 saturated heterocycles. The van der Waals surface area contributed by atoms with E-state index >= 15 is 0 Å². The van der Waals surface area contributed by atoms with Gasteiger partial charge >= 0.3 is 6.03 Å². The summed E-state index contributed by atoms with van der Waals surface area (Å²) in [5.41, 5.74) is 1.24. The van der Waals surface area contributed by atoms with Gasteiger partial charge < -0.3 is 0 Å². The summed E-state index contributed by atoms with van der Waals surface area (Å²) < 4.78 is 15.4. The molecule has 1 aromatic carbocycles. The Bertz CT molecular complexity index is 696. The van der Waals surface area contributed by atoms with Crippen molar-refractivity contribution in [2.45, 2.75) is 20.3 Å². The molecule has 0 atom stereocenters. The number of imide groups is 1. The number of nitrogens with zero attached hydrogens (tertiary/aromatic N) is 3. The van der Waals surface area contributed by atoms with Crippen molar-refractivity contribution in [3.05, 3.63) is 23.5 Å². The summed E-state index contributed by atoms with van der Waals surface area (Å²) in [6.07, 6.45) is 1.000. The van der Waals surface area contributed by atoms with Crippen LogP contribution in [0.2, 0.25) is 0 Å². The van der Waals surface area contributed by atoms with Crippen LogP contribution in [0.3, 0.4) is 0 Å². The van der Waals surface area contributed by atoms with Crippen LogP contribution in [0, 0.1) is 12.7 Å². The molecule has 0 aliphatic heterocycles. The van der Waals surface area contributed by atoms with E-state index < -0.39 is 6.03 Å². The maximum absolute atomic E-state index is 13.8. The van der Waals surface area contributed by atoms with Gasteiger partial charge in [-0.25, -0.2) is 9.18 Å². The maximum atomic E-state index is 13.8. The molecular weight excluding hydrogens is 275 g/mol. The Morgan fingerprint density at radius 3 is 2.86 bits per heavy atom. The van der Waals surface area contributed by atoms with Crippen LogP contribution in [-0.2, 0) is 11.8 Å². The summed E-state index contributed by atoms with van der Waals surface area (Å²) in [6.45, 7) is 3.95. The standard InChI is InChI=1S/C14H17FN4O2/c1-4-5-19(14(21)16-8-20)13-10-7-11(15)9(2)6-12(10)18(3)17-13/h6-8H,4-5H2,1-3H3,(H,16,20,21). The van der Waals surface area contributed by atoms with Crippen molar-refractivity contribution in [2.75, 3.05) is 11.4 Å². The monoisotopic (exact) mass is 292 g/mol. The van der Waals surface area contributed by atoms with E-state index in [9.17, 15) is 14.0 Å². The lowest BCUT2D eigenvalue weighted by molar-refractivity contribution is -0.108. The number of benzene rings is 1. The molecule has 1 N–H and O–H groups in total. The Kier molecular flexibility index (Phi) is 4.21. The number of fused-ring (bicyclic) bond motifs is 1. The van der Waals surface area contributed by atoms with Crippen LogP contribution >= 0.6 is 0 Å². The van der Waals surface area contributed by atoms with Gasteiger partial charge in [0.15, 0.2) is 5.82 Å². The number of hydrogen-bond donors (Lipinski definition) is 1. The number of halogens is 1. The summed E-state index contributed by atoms with van der Waals surface area (Å²) in [4.78, 5) is 23.8. The molecule has 6 nitrogen and oxygen atoms in total. The van der Waals surface area contributed by atoms with E-state index in [0.29, 0.717) is 36.1 Å². The summed E-state index contributed by atoms with van der Waals surface area (Å²) in [5.74, 6) is -0.0170. The second kappa shape index (κ2) is 5.90. The fourth-order valence-electron chi connectivity index (χ4n) is 2.22. The number of anilines is 1. The lowest BCUT2D eigenvalue weighted by atomic mass is 10.1. The molecule has 3 amide bonds. The molecule has 0 aliphatic carbocycles. The minimum Gasteiger partial charge on any atom is -0.280 e. The SMILES string of the molecule is CCCN(C(=O)NC=O)c1nn(C)c2cc(C)c(F)cc12. The van der Waals surface area contributed by atoms with Crippen LogP contribution in [0.5, 0.6) is 0 Å². The Hall–Kier alpha value is -2.44. The molecule has 1 aromatic heterocycles. The highest BCUT2D eigenvalue weighted by atomic mass is 19.1. The summed E-state index contributed by atoms with van der Waals surface area (Å²) >= 11 is 0. The quantitative estimate of drug-likeness (QED) is 0.878. The van der Waals surface area contributed by atoms with Gasteiger partial charge in [0.25, 0.3) is 0 Å². The molecule has 0 fully saturated rings. The molecule has 21 heavy (non-hydrogen) atoms. The molecular formula is C14H17FN4O2. The van der Waals surface area contributed by atoms with Crippen molar-refractivity contribution in [3.8, 4) is 0 Å². The summed E-state index contributed by atoms with van der Waals surface area (Å²) in [6, 6.07) is 2.47. The summed E-state index contributed by atoms with van der Waals surface area (Å²) in [5, 5.41) is 6.92. The molecule has 0 saturated carbocycles. The first-order valence-electron chi connectivity index (χ1n) is 6.64. The largest absolute Gasteiger partial charge is 0.329 e. The highest BCUT2D eigenvalue weighted by Gasteiger charge is 2.21.